The van der Waals surface area contributed by atoms with Gasteiger partial charge in [0.1, 0.15) is 78.5 Å². The maximum atomic E-state index is 14.9. The first-order chi connectivity index (χ1) is 47.2. The van der Waals surface area contributed by atoms with Crippen LogP contribution >= 0.6 is 21.6 Å². The van der Waals surface area contributed by atoms with E-state index >= 15 is 0 Å². The number of carbonyl (C=O) groups excluding carboxylic acids is 16. The summed E-state index contributed by atoms with van der Waals surface area (Å²) in [5, 5.41) is 59.4. The highest BCUT2D eigenvalue weighted by Crippen LogP contribution is 2.29. The number of carbonyl (C=O) groups is 16. The second-order valence-electron chi connectivity index (χ2n) is 25.8. The van der Waals surface area contributed by atoms with Gasteiger partial charge < -0.3 is 111 Å². The van der Waals surface area contributed by atoms with Crippen molar-refractivity contribution in [1.82, 2.24) is 73.2 Å². The number of nitrogens with two attached hydrogens (primary N) is 4. The Morgan fingerprint density at radius 3 is 1.46 bits per heavy atom. The minimum absolute atomic E-state index is 0.00581. The van der Waals surface area contributed by atoms with Gasteiger partial charge in [0.2, 0.25) is 94.5 Å². The molecule has 0 aromatic carbocycles. The number of rotatable bonds is 15. The van der Waals surface area contributed by atoms with Crippen molar-refractivity contribution in [3.05, 3.63) is 0 Å². The van der Waals surface area contributed by atoms with Gasteiger partial charge in [0.25, 0.3) is 0 Å². The third-order valence-electron chi connectivity index (χ3n) is 17.5. The predicted molar refractivity (Wildman–Crippen MR) is 358 cm³/mol. The Labute approximate surface area is 584 Å². The summed E-state index contributed by atoms with van der Waals surface area (Å²) in [6, 6.07) is -21.3. The molecule has 5 heterocycles. The lowest BCUT2D eigenvalue weighted by atomic mass is 9.97. The minimum Gasteiger partial charge on any atom is -0.394 e. The Morgan fingerprint density at radius 2 is 0.930 bits per heavy atom. The van der Waals surface area contributed by atoms with Crippen molar-refractivity contribution in [3.8, 4) is 0 Å². The van der Waals surface area contributed by atoms with Crippen LogP contribution in [0.4, 0.5) is 0 Å². The molecule has 5 aliphatic heterocycles. The number of hydrogen-bond donors (Lipinski definition) is 18. The summed E-state index contributed by atoms with van der Waals surface area (Å²) in [5.41, 5.74) is 22.1. The molecule has 5 rings (SSSR count). The van der Waals surface area contributed by atoms with E-state index in [0.717, 1.165) is 40.3 Å². The summed E-state index contributed by atoms with van der Waals surface area (Å²) in [7, 11) is 1.48. The maximum Gasteiger partial charge on any atom is 0.246 e. The Kier molecular flexibility index (Phi) is 31.8. The second kappa shape index (κ2) is 38.8. The fraction of sp³-hybridized carbons (Fsp3) is 0.717. The summed E-state index contributed by atoms with van der Waals surface area (Å²) in [4.78, 5) is 234. The number of nitrogens with one attached hydrogen (secondary N) is 11. The van der Waals surface area contributed by atoms with Crippen molar-refractivity contribution in [3.63, 3.8) is 0 Å². The predicted octanol–water partition coefficient (Wildman–Crippen LogP) is -9.02. The maximum absolute atomic E-state index is 14.9. The molecule has 0 radical (unpaired) electrons. The Morgan fingerprint density at radius 1 is 0.500 bits per heavy atom. The van der Waals surface area contributed by atoms with Crippen LogP contribution in [0.3, 0.4) is 0 Å². The van der Waals surface area contributed by atoms with Crippen molar-refractivity contribution >= 4 is 122 Å². The zero-order chi connectivity index (χ0) is 74.4. The number of fused-ring (bicyclic) bond motifs is 8. The average molecular weight is 1450 g/mol. The normalized spacial score (nSPS) is 29.4. The van der Waals surface area contributed by atoms with E-state index in [0.29, 0.717) is 12.8 Å². The van der Waals surface area contributed by atoms with Gasteiger partial charge in [-0.1, -0.05) is 55.7 Å². The van der Waals surface area contributed by atoms with Crippen molar-refractivity contribution in [1.29, 1.82) is 0 Å². The monoisotopic (exact) mass is 1450 g/mol. The number of guanidine groups is 1. The van der Waals surface area contributed by atoms with Crippen LogP contribution in [-0.4, -0.2) is 272 Å². The average Bonchev–Trinajstić information content (AvgIpc) is 1.65. The molecule has 5 saturated heterocycles. The van der Waals surface area contributed by atoms with E-state index in [1.165, 1.54) is 9.80 Å². The molecule has 22 N–H and O–H groups in total. The first-order valence-corrected chi connectivity index (χ1v) is 35.7. The molecule has 0 unspecified atom stereocenters. The van der Waals surface area contributed by atoms with Gasteiger partial charge in [-0.3, -0.25) is 81.7 Å². The molecule has 0 saturated carbocycles. The zero-order valence-electron chi connectivity index (χ0n) is 56.7. The first kappa shape index (κ1) is 82.0. The van der Waals surface area contributed by atoms with Gasteiger partial charge in [-0.15, -0.1) is 0 Å². The molecule has 558 valence electrons. The molecule has 38 nitrogen and oxygen atoms in total. The van der Waals surface area contributed by atoms with Gasteiger partial charge in [0, 0.05) is 37.7 Å². The highest BCUT2D eigenvalue weighted by atomic mass is 33.1. The summed E-state index contributed by atoms with van der Waals surface area (Å²) in [6.45, 7) is 6.76. The van der Waals surface area contributed by atoms with Gasteiger partial charge >= 0.3 is 0 Å². The van der Waals surface area contributed by atoms with E-state index in [1.54, 1.807) is 27.7 Å². The van der Waals surface area contributed by atoms with Gasteiger partial charge in [0.05, 0.1) is 38.2 Å². The van der Waals surface area contributed by atoms with Crippen molar-refractivity contribution in [2.75, 3.05) is 50.8 Å². The third-order valence-corrected chi connectivity index (χ3v) is 19.9. The SMILES string of the molecule is CC[C@H](C)[C@@H]1NC(=O)[C@@H]2CCCN2C(=O)[C@@H]2CCCN2C(=O)[C@H](CC(C)C)NC(=O)[C@H](CO)NC(=O)[C@H](CCCN=C(N)N)NC(=O)[C@H]([C@@H](C)O)NC(=O)[C@@H]2CSSC[C@H](NC1=O)C(=O)N[C@@H](CC(N)=O)C(=O)N1CCC[C@H]1C(=O)N[C@@H](CC(N)=O)C(=O)NCC(=O)N[C@@H]([C@@H](C)O)C(=O)N2. The van der Waals surface area contributed by atoms with Crippen LogP contribution in [0.2, 0.25) is 0 Å². The Balaban J connectivity index is 1.68. The molecule has 5 aliphatic rings. The lowest BCUT2D eigenvalue weighted by molar-refractivity contribution is -0.148. The summed E-state index contributed by atoms with van der Waals surface area (Å²) in [6.07, 6.45) is -4.46. The topological polar surface area (TPSA) is 592 Å². The fourth-order valence-corrected chi connectivity index (χ4v) is 14.3. The molecule has 2 bridgehead atoms. The fourth-order valence-electron chi connectivity index (χ4n) is 12.0. The number of aliphatic hydroxyl groups excluding tert-OH is 3. The van der Waals surface area contributed by atoms with Gasteiger partial charge in [-0.05, 0) is 83.5 Å². The van der Waals surface area contributed by atoms with Gasteiger partial charge in [-0.2, -0.15) is 0 Å². The lowest BCUT2D eigenvalue weighted by Gasteiger charge is -2.34. The van der Waals surface area contributed by atoms with Crippen LogP contribution in [0.25, 0.3) is 0 Å². The van der Waals surface area contributed by atoms with Crippen LogP contribution in [-0.2, 0) is 76.7 Å². The smallest absolute Gasteiger partial charge is 0.246 e. The van der Waals surface area contributed by atoms with Crippen LogP contribution < -0.4 is 81.4 Å². The molecule has 16 amide bonds. The molecule has 0 spiro atoms. The number of aliphatic imine (C=N–C) groups is 1. The Bertz CT molecular complexity index is 3070. The number of aliphatic hydroxyl groups is 3. The quantitative estimate of drug-likeness (QED) is 0.0313. The van der Waals surface area contributed by atoms with E-state index < -0.39 is 229 Å². The Hall–Kier alpha value is -8.63. The molecule has 0 aliphatic carbocycles. The standard InChI is InChI=1S/C60H97N19O19S2/c1-7-28(4)44-54(93)72-36-25-99-100-26-37(73-55(94)45(29(5)81)74-43(85)23-66-47(86)32(21-41(61)83)68-52(91)38-13-9-17-77(38)58(97)34(22-42(62)84)70-50(36)89)51(90)76-46(30(6)82)56(95)67-31(12-8-16-65-60(63)64)48(87)71-35(24-80)49(88)69-33(20-27(2)3)57(96)79-19-11-15-40(79)59(98)78-18-10-14-39(78)53(92)75-44/h27-40,44-46,80-82H,7-26H2,1-6H3,(H2,61,83)(H2,62,84)(H,66,86)(H,67,95)(H,68,91)(H,69,88)(H,70,89)(H,71,87)(H,72,93)(H,73,94)(H,74,85)(H,75,92)(H,76,90)(H4,63,64,65)/t28-,29+,30+,31-,32-,33-,34-,35-,36-,37-,38-,39-,40-,44-,45-,46-/m0/s1. The van der Waals surface area contributed by atoms with Gasteiger partial charge in [0.15, 0.2) is 5.96 Å². The molecular weight excluding hydrogens is 1350 g/mol. The molecule has 16 atom stereocenters. The van der Waals surface area contributed by atoms with E-state index in [1.807, 2.05) is 0 Å². The van der Waals surface area contributed by atoms with Crippen molar-refractivity contribution in [2.45, 2.75) is 209 Å². The zero-order valence-corrected chi connectivity index (χ0v) is 58.4. The minimum atomic E-state index is -2.02. The second-order valence-corrected chi connectivity index (χ2v) is 28.3. The number of nitrogens with zero attached hydrogens (tertiary/aromatic N) is 4. The largest absolute Gasteiger partial charge is 0.394 e. The van der Waals surface area contributed by atoms with Crippen LogP contribution in [0, 0.1) is 11.8 Å². The summed E-state index contributed by atoms with van der Waals surface area (Å²) >= 11 is 0. The summed E-state index contributed by atoms with van der Waals surface area (Å²) < 4.78 is 0. The molecular formula is C60H97N19O19S2. The molecule has 0 aromatic rings. The van der Waals surface area contributed by atoms with Crippen LogP contribution in [0.5, 0.6) is 0 Å². The number of primary amides is 2. The van der Waals surface area contributed by atoms with Gasteiger partial charge in [-0.25, -0.2) is 0 Å². The highest BCUT2D eigenvalue weighted by molar-refractivity contribution is 8.76. The third kappa shape index (κ3) is 23.5. The van der Waals surface area contributed by atoms with Crippen LogP contribution in [0.15, 0.2) is 4.99 Å². The van der Waals surface area contributed by atoms with Crippen molar-refractivity contribution < 1.29 is 92.0 Å². The number of hydrogen-bond acceptors (Lipinski definition) is 22. The lowest BCUT2D eigenvalue weighted by Crippen LogP contribution is -2.63. The van der Waals surface area contributed by atoms with Crippen LogP contribution in [0.1, 0.15) is 119 Å². The van der Waals surface area contributed by atoms with E-state index in [4.69, 9.17) is 22.9 Å². The molecule has 0 aromatic heterocycles. The molecule has 5 fully saturated rings. The van der Waals surface area contributed by atoms with E-state index in [2.05, 4.69) is 63.5 Å². The molecule has 40 heteroatoms. The van der Waals surface area contributed by atoms with Crippen molar-refractivity contribution in [2.24, 2.45) is 39.8 Å². The summed E-state index contributed by atoms with van der Waals surface area (Å²) in [5.74, 6) is -19.2. The van der Waals surface area contributed by atoms with E-state index in [9.17, 15) is 92.0 Å². The number of amides is 16. The highest BCUT2D eigenvalue weighted by Gasteiger charge is 2.47. The first-order valence-electron chi connectivity index (χ1n) is 33.2. The molecule has 100 heavy (non-hydrogen) atoms. The van der Waals surface area contributed by atoms with E-state index in [-0.39, 0.29) is 89.4 Å².